The molecule has 0 unspecified atom stereocenters. The maximum absolute atomic E-state index is 5.82. The van der Waals surface area contributed by atoms with Gasteiger partial charge in [-0.3, -0.25) is 0 Å². The van der Waals surface area contributed by atoms with Gasteiger partial charge in [0, 0.05) is 32.4 Å². The predicted octanol–water partition coefficient (Wildman–Crippen LogP) is 0.655. The molecule has 1 rings (SSSR count). The van der Waals surface area contributed by atoms with E-state index in [0.29, 0.717) is 17.6 Å². The first-order valence-electron chi connectivity index (χ1n) is 3.54. The molecule has 0 aliphatic rings. The average molecular weight is 187 g/mol. The third-order valence-corrected chi connectivity index (χ3v) is 1.75. The second-order valence-electron chi connectivity index (χ2n) is 2.58. The van der Waals surface area contributed by atoms with E-state index in [2.05, 4.69) is 9.97 Å². The maximum atomic E-state index is 5.82. The van der Waals surface area contributed by atoms with Crippen LogP contribution in [0, 0.1) is 0 Å². The molecule has 0 atom stereocenters. The van der Waals surface area contributed by atoms with Crippen molar-refractivity contribution in [2.45, 2.75) is 6.54 Å². The fraction of sp³-hybridized carbons (Fsp3) is 0.429. The summed E-state index contributed by atoms with van der Waals surface area (Å²) in [4.78, 5) is 9.89. The van der Waals surface area contributed by atoms with Gasteiger partial charge in [-0.25, -0.2) is 9.97 Å². The molecule has 0 aliphatic carbocycles. The van der Waals surface area contributed by atoms with Gasteiger partial charge in [0.1, 0.15) is 5.15 Å². The Morgan fingerprint density at radius 2 is 2.25 bits per heavy atom. The number of nitrogens with zero attached hydrogens (tertiary/aromatic N) is 3. The normalized spacial score (nSPS) is 10.0. The quantitative estimate of drug-likeness (QED) is 0.690. The van der Waals surface area contributed by atoms with E-state index in [-0.39, 0.29) is 0 Å². The van der Waals surface area contributed by atoms with Gasteiger partial charge in [-0.1, -0.05) is 11.6 Å². The summed E-state index contributed by atoms with van der Waals surface area (Å²) in [6.45, 7) is 0.368. The van der Waals surface area contributed by atoms with Gasteiger partial charge in [0.2, 0.25) is 5.95 Å². The van der Waals surface area contributed by atoms with Crippen LogP contribution in [0.15, 0.2) is 6.20 Å². The number of hydrogen-bond acceptors (Lipinski definition) is 4. The molecule has 0 radical (unpaired) electrons. The van der Waals surface area contributed by atoms with Gasteiger partial charge < -0.3 is 10.6 Å². The average Bonchev–Trinajstić information content (AvgIpc) is 2.04. The molecule has 0 saturated heterocycles. The molecule has 0 saturated carbocycles. The van der Waals surface area contributed by atoms with Crippen LogP contribution in [0.2, 0.25) is 5.15 Å². The zero-order chi connectivity index (χ0) is 9.14. The van der Waals surface area contributed by atoms with Crippen molar-refractivity contribution in [3.05, 3.63) is 16.9 Å². The van der Waals surface area contributed by atoms with Gasteiger partial charge >= 0.3 is 0 Å². The zero-order valence-corrected chi connectivity index (χ0v) is 7.84. The second-order valence-corrected chi connectivity index (χ2v) is 2.94. The lowest BCUT2D eigenvalue weighted by molar-refractivity contribution is 0.956. The number of hydrogen-bond donors (Lipinski definition) is 1. The number of aromatic nitrogens is 2. The largest absolute Gasteiger partial charge is 0.347 e. The molecule has 0 aromatic carbocycles. The Morgan fingerprint density at radius 1 is 1.58 bits per heavy atom. The van der Waals surface area contributed by atoms with Crippen LogP contribution in [0.3, 0.4) is 0 Å². The minimum atomic E-state index is 0.368. The first-order valence-corrected chi connectivity index (χ1v) is 3.91. The Morgan fingerprint density at radius 3 is 2.67 bits per heavy atom. The summed E-state index contributed by atoms with van der Waals surface area (Å²) in [6.07, 6.45) is 1.64. The van der Waals surface area contributed by atoms with Gasteiger partial charge in [-0.05, 0) is 0 Å². The molecule has 2 N–H and O–H groups in total. The van der Waals surface area contributed by atoms with Crippen LogP contribution in [0.4, 0.5) is 5.95 Å². The number of rotatable bonds is 2. The van der Waals surface area contributed by atoms with Crippen molar-refractivity contribution < 1.29 is 0 Å². The molecule has 1 aromatic rings. The maximum Gasteiger partial charge on any atom is 0.226 e. The van der Waals surface area contributed by atoms with E-state index in [4.69, 9.17) is 17.3 Å². The van der Waals surface area contributed by atoms with Crippen molar-refractivity contribution in [3.8, 4) is 0 Å². The van der Waals surface area contributed by atoms with E-state index in [1.54, 1.807) is 11.1 Å². The van der Waals surface area contributed by atoms with E-state index in [1.165, 1.54) is 0 Å². The highest BCUT2D eigenvalue weighted by atomic mass is 35.5. The molecule has 0 spiro atoms. The van der Waals surface area contributed by atoms with Crippen LogP contribution in [0.5, 0.6) is 0 Å². The van der Waals surface area contributed by atoms with Crippen LogP contribution in [0.25, 0.3) is 0 Å². The van der Waals surface area contributed by atoms with Crippen molar-refractivity contribution in [3.63, 3.8) is 0 Å². The Labute approximate surface area is 76.4 Å². The second kappa shape index (κ2) is 3.69. The summed E-state index contributed by atoms with van der Waals surface area (Å²) in [7, 11) is 3.71. The van der Waals surface area contributed by atoms with Crippen LogP contribution < -0.4 is 10.6 Å². The zero-order valence-electron chi connectivity index (χ0n) is 7.08. The van der Waals surface area contributed by atoms with E-state index in [1.807, 2.05) is 14.1 Å². The van der Waals surface area contributed by atoms with Gasteiger partial charge in [0.15, 0.2) is 0 Å². The van der Waals surface area contributed by atoms with E-state index >= 15 is 0 Å². The van der Waals surface area contributed by atoms with Gasteiger partial charge in [-0.15, -0.1) is 0 Å². The molecule has 0 aliphatic heterocycles. The third kappa shape index (κ3) is 1.84. The van der Waals surface area contributed by atoms with E-state index in [9.17, 15) is 0 Å². The molecule has 0 fully saturated rings. The Bertz CT molecular complexity index is 274. The minimum absolute atomic E-state index is 0.368. The van der Waals surface area contributed by atoms with Crippen LogP contribution in [0.1, 0.15) is 5.56 Å². The summed E-state index contributed by atoms with van der Waals surface area (Å²) in [5, 5.41) is 0.427. The summed E-state index contributed by atoms with van der Waals surface area (Å²) in [5.41, 5.74) is 6.16. The molecular weight excluding hydrogens is 176 g/mol. The highest BCUT2D eigenvalue weighted by Crippen LogP contribution is 2.13. The van der Waals surface area contributed by atoms with Crippen molar-refractivity contribution in [1.82, 2.24) is 9.97 Å². The van der Waals surface area contributed by atoms with Crippen molar-refractivity contribution >= 4 is 17.5 Å². The summed E-state index contributed by atoms with van der Waals surface area (Å²) < 4.78 is 0. The molecular formula is C7H11ClN4. The lowest BCUT2D eigenvalue weighted by Gasteiger charge is -2.10. The standard InChI is InChI=1S/C7H11ClN4/c1-12(2)7-10-4-5(3-9)6(8)11-7/h4H,3,9H2,1-2H3. The summed E-state index contributed by atoms with van der Waals surface area (Å²) in [6, 6.07) is 0. The fourth-order valence-electron chi connectivity index (χ4n) is 0.730. The van der Waals surface area contributed by atoms with E-state index < -0.39 is 0 Å². The Hall–Kier alpha value is -0.870. The highest BCUT2D eigenvalue weighted by Gasteiger charge is 2.03. The first kappa shape index (κ1) is 9.22. The monoisotopic (exact) mass is 186 g/mol. The Kier molecular flexibility index (Phi) is 2.83. The first-order chi connectivity index (χ1) is 5.65. The topological polar surface area (TPSA) is 55.0 Å². The molecule has 0 bridgehead atoms. The van der Waals surface area contributed by atoms with E-state index in [0.717, 1.165) is 5.56 Å². The summed E-state index contributed by atoms with van der Waals surface area (Å²) in [5.74, 6) is 0.595. The van der Waals surface area contributed by atoms with Crippen molar-refractivity contribution in [1.29, 1.82) is 0 Å². The van der Waals surface area contributed by atoms with Crippen LogP contribution in [-0.2, 0) is 6.54 Å². The lowest BCUT2D eigenvalue weighted by atomic mass is 10.3. The van der Waals surface area contributed by atoms with Crippen molar-refractivity contribution in [2.75, 3.05) is 19.0 Å². The molecule has 4 nitrogen and oxygen atoms in total. The smallest absolute Gasteiger partial charge is 0.226 e. The summed E-state index contributed by atoms with van der Waals surface area (Å²) >= 11 is 5.82. The predicted molar refractivity (Wildman–Crippen MR) is 49.3 cm³/mol. The minimum Gasteiger partial charge on any atom is -0.347 e. The third-order valence-electron chi connectivity index (χ3n) is 1.42. The number of halogens is 1. The molecule has 0 amide bonds. The SMILES string of the molecule is CN(C)c1ncc(CN)c(Cl)n1. The van der Waals surface area contributed by atoms with Crippen molar-refractivity contribution in [2.24, 2.45) is 5.73 Å². The van der Waals surface area contributed by atoms with Crippen LogP contribution >= 0.6 is 11.6 Å². The number of nitrogens with two attached hydrogens (primary N) is 1. The van der Waals surface area contributed by atoms with Crippen LogP contribution in [-0.4, -0.2) is 24.1 Å². The van der Waals surface area contributed by atoms with Gasteiger partial charge in [0.25, 0.3) is 0 Å². The lowest BCUT2D eigenvalue weighted by Crippen LogP contribution is -2.13. The molecule has 1 aromatic heterocycles. The van der Waals surface area contributed by atoms with Gasteiger partial charge in [0.05, 0.1) is 0 Å². The van der Waals surface area contributed by atoms with Gasteiger partial charge in [-0.2, -0.15) is 0 Å². The molecule has 5 heteroatoms. The molecule has 12 heavy (non-hydrogen) atoms. The molecule has 1 heterocycles. The molecule has 66 valence electrons. The number of anilines is 1. The highest BCUT2D eigenvalue weighted by molar-refractivity contribution is 6.30. The Balaban J connectivity index is 3.02. The fourth-order valence-corrected chi connectivity index (χ4v) is 0.931.